The van der Waals surface area contributed by atoms with Crippen molar-refractivity contribution in [2.75, 3.05) is 26.7 Å². The summed E-state index contributed by atoms with van der Waals surface area (Å²) in [6, 6.07) is 0.960. The number of hydrogen-bond acceptors (Lipinski definition) is 3. The third kappa shape index (κ3) is 3.32. The van der Waals surface area contributed by atoms with Crippen molar-refractivity contribution in [3.8, 4) is 0 Å². The Bertz CT molecular complexity index is 174. The molecule has 4 heteroatoms. The van der Waals surface area contributed by atoms with Crippen molar-refractivity contribution in [1.29, 1.82) is 0 Å². The van der Waals surface area contributed by atoms with Gasteiger partial charge >= 0.3 is 0 Å². The summed E-state index contributed by atoms with van der Waals surface area (Å²) in [5.74, 6) is 0.0984. The van der Waals surface area contributed by atoms with Crippen molar-refractivity contribution in [2.24, 2.45) is 0 Å². The third-order valence-electron chi connectivity index (χ3n) is 2.28. The topological polar surface area (TPSA) is 44.4 Å². The number of piperazine rings is 1. The zero-order valence-corrected chi connectivity index (χ0v) is 8.63. The molecular weight excluding hydrogens is 166 g/mol. The maximum Gasteiger partial charge on any atom is 0.233 e. The molecule has 0 saturated carbocycles. The molecule has 1 amide bonds. The molecule has 0 aliphatic carbocycles. The highest BCUT2D eigenvalue weighted by Crippen LogP contribution is 2.02. The van der Waals surface area contributed by atoms with Gasteiger partial charge in [0.1, 0.15) is 0 Å². The fourth-order valence-corrected chi connectivity index (χ4v) is 1.85. The molecule has 0 aromatic rings. The van der Waals surface area contributed by atoms with Crippen molar-refractivity contribution in [3.05, 3.63) is 0 Å². The van der Waals surface area contributed by atoms with Gasteiger partial charge in [0.15, 0.2) is 0 Å². The number of amides is 1. The van der Waals surface area contributed by atoms with Gasteiger partial charge in [-0.25, -0.2) is 0 Å². The van der Waals surface area contributed by atoms with Crippen LogP contribution in [-0.2, 0) is 4.79 Å². The minimum atomic E-state index is 0.0984. The second-order valence-corrected chi connectivity index (χ2v) is 3.84. The molecule has 13 heavy (non-hydrogen) atoms. The first-order valence-corrected chi connectivity index (χ1v) is 4.80. The average molecular weight is 185 g/mol. The molecule has 0 bridgehead atoms. The van der Waals surface area contributed by atoms with Crippen LogP contribution in [0.4, 0.5) is 0 Å². The van der Waals surface area contributed by atoms with E-state index in [0.29, 0.717) is 18.6 Å². The predicted octanol–water partition coefficient (Wildman–Crippen LogP) is -0.585. The van der Waals surface area contributed by atoms with E-state index < -0.39 is 0 Å². The Morgan fingerprint density at radius 3 is 2.46 bits per heavy atom. The van der Waals surface area contributed by atoms with E-state index in [9.17, 15) is 4.79 Å². The third-order valence-corrected chi connectivity index (χ3v) is 2.28. The van der Waals surface area contributed by atoms with Crippen LogP contribution in [-0.4, -0.2) is 49.6 Å². The lowest BCUT2D eigenvalue weighted by Crippen LogP contribution is -2.55. The molecule has 1 aliphatic heterocycles. The van der Waals surface area contributed by atoms with E-state index in [0.717, 1.165) is 13.1 Å². The van der Waals surface area contributed by atoms with Crippen molar-refractivity contribution in [1.82, 2.24) is 15.5 Å². The lowest BCUT2D eigenvalue weighted by Gasteiger charge is -2.35. The van der Waals surface area contributed by atoms with Gasteiger partial charge in [0.05, 0.1) is 6.54 Å². The average Bonchev–Trinajstić information content (AvgIpc) is 2.02. The van der Waals surface area contributed by atoms with Crippen LogP contribution in [0.25, 0.3) is 0 Å². The second-order valence-electron chi connectivity index (χ2n) is 3.84. The Morgan fingerprint density at radius 2 is 2.00 bits per heavy atom. The first-order valence-electron chi connectivity index (χ1n) is 4.80. The van der Waals surface area contributed by atoms with Crippen molar-refractivity contribution < 1.29 is 4.79 Å². The highest BCUT2D eigenvalue weighted by Gasteiger charge is 2.21. The highest BCUT2D eigenvalue weighted by molar-refractivity contribution is 5.77. The molecule has 1 aliphatic rings. The van der Waals surface area contributed by atoms with Crippen LogP contribution in [0.15, 0.2) is 0 Å². The van der Waals surface area contributed by atoms with Gasteiger partial charge in [-0.15, -0.1) is 0 Å². The van der Waals surface area contributed by atoms with Crippen molar-refractivity contribution in [2.45, 2.75) is 25.9 Å². The zero-order valence-electron chi connectivity index (χ0n) is 8.63. The maximum atomic E-state index is 11.1. The summed E-state index contributed by atoms with van der Waals surface area (Å²) in [6.45, 7) is 6.72. The summed E-state index contributed by atoms with van der Waals surface area (Å²) < 4.78 is 0. The number of likely N-dealkylation sites (N-methyl/N-ethyl adjacent to an activating group) is 1. The molecular formula is C9H19N3O. The van der Waals surface area contributed by atoms with Gasteiger partial charge in [0.25, 0.3) is 0 Å². The van der Waals surface area contributed by atoms with Crippen LogP contribution in [0, 0.1) is 0 Å². The predicted molar refractivity (Wildman–Crippen MR) is 52.6 cm³/mol. The Hall–Kier alpha value is -0.610. The van der Waals surface area contributed by atoms with E-state index in [2.05, 4.69) is 29.4 Å². The monoisotopic (exact) mass is 185 g/mol. The summed E-state index contributed by atoms with van der Waals surface area (Å²) in [5, 5.41) is 6.07. The molecule has 2 unspecified atom stereocenters. The van der Waals surface area contributed by atoms with Crippen LogP contribution < -0.4 is 10.6 Å². The Balaban J connectivity index is 2.37. The SMILES string of the molecule is CNC(=O)CN1CC(C)NC(C)C1. The minimum absolute atomic E-state index is 0.0984. The summed E-state index contributed by atoms with van der Waals surface area (Å²) in [6.07, 6.45) is 0. The number of nitrogens with zero attached hydrogens (tertiary/aromatic N) is 1. The number of nitrogens with one attached hydrogen (secondary N) is 2. The first kappa shape index (κ1) is 10.5. The first-order chi connectivity index (χ1) is 6.11. The summed E-state index contributed by atoms with van der Waals surface area (Å²) >= 11 is 0. The van der Waals surface area contributed by atoms with E-state index in [-0.39, 0.29) is 5.91 Å². The number of hydrogen-bond donors (Lipinski definition) is 2. The number of rotatable bonds is 2. The van der Waals surface area contributed by atoms with Crippen LogP contribution in [0.2, 0.25) is 0 Å². The standard InChI is InChI=1S/C9H19N3O/c1-7-4-12(5-8(2)11-7)6-9(13)10-3/h7-8,11H,4-6H2,1-3H3,(H,10,13). The van der Waals surface area contributed by atoms with Crippen LogP contribution in [0.3, 0.4) is 0 Å². The number of carbonyl (C=O) groups excluding carboxylic acids is 1. The van der Waals surface area contributed by atoms with Crippen molar-refractivity contribution >= 4 is 5.91 Å². The molecule has 1 heterocycles. The summed E-state index contributed by atoms with van der Waals surface area (Å²) in [5.41, 5.74) is 0. The van der Waals surface area contributed by atoms with Gasteiger partial charge in [-0.05, 0) is 13.8 Å². The summed E-state index contributed by atoms with van der Waals surface area (Å²) in [7, 11) is 1.68. The highest BCUT2D eigenvalue weighted by atomic mass is 16.1. The fraction of sp³-hybridized carbons (Fsp3) is 0.889. The Kier molecular flexibility index (Phi) is 3.69. The van der Waals surface area contributed by atoms with Crippen molar-refractivity contribution in [3.63, 3.8) is 0 Å². The van der Waals surface area contributed by atoms with Crippen LogP contribution >= 0.6 is 0 Å². The normalized spacial score (nSPS) is 30.1. The molecule has 1 fully saturated rings. The Labute approximate surface area is 79.7 Å². The molecule has 1 saturated heterocycles. The number of carbonyl (C=O) groups is 1. The fourth-order valence-electron chi connectivity index (χ4n) is 1.85. The largest absolute Gasteiger partial charge is 0.358 e. The molecule has 2 N–H and O–H groups in total. The quantitative estimate of drug-likeness (QED) is 0.604. The van der Waals surface area contributed by atoms with E-state index in [1.165, 1.54) is 0 Å². The maximum absolute atomic E-state index is 11.1. The van der Waals surface area contributed by atoms with Gasteiger partial charge in [-0.3, -0.25) is 9.69 Å². The molecule has 0 radical (unpaired) electrons. The lowest BCUT2D eigenvalue weighted by molar-refractivity contribution is -0.122. The lowest BCUT2D eigenvalue weighted by atomic mass is 10.1. The van der Waals surface area contributed by atoms with Gasteiger partial charge in [0.2, 0.25) is 5.91 Å². The molecule has 0 aromatic carbocycles. The van der Waals surface area contributed by atoms with E-state index >= 15 is 0 Å². The molecule has 4 nitrogen and oxygen atoms in total. The van der Waals surface area contributed by atoms with E-state index in [1.54, 1.807) is 7.05 Å². The van der Waals surface area contributed by atoms with E-state index in [1.807, 2.05) is 0 Å². The Morgan fingerprint density at radius 1 is 1.46 bits per heavy atom. The van der Waals surface area contributed by atoms with Crippen LogP contribution in [0.1, 0.15) is 13.8 Å². The van der Waals surface area contributed by atoms with Gasteiger partial charge in [-0.1, -0.05) is 0 Å². The van der Waals surface area contributed by atoms with Crippen LogP contribution in [0.5, 0.6) is 0 Å². The van der Waals surface area contributed by atoms with E-state index in [4.69, 9.17) is 0 Å². The smallest absolute Gasteiger partial charge is 0.233 e. The molecule has 76 valence electrons. The second kappa shape index (κ2) is 4.58. The molecule has 1 rings (SSSR count). The van der Waals surface area contributed by atoms with Gasteiger partial charge in [-0.2, -0.15) is 0 Å². The summed E-state index contributed by atoms with van der Waals surface area (Å²) in [4.78, 5) is 13.3. The van der Waals surface area contributed by atoms with Gasteiger partial charge < -0.3 is 10.6 Å². The van der Waals surface area contributed by atoms with Gasteiger partial charge in [0, 0.05) is 32.2 Å². The molecule has 2 atom stereocenters. The molecule has 0 spiro atoms. The minimum Gasteiger partial charge on any atom is -0.358 e. The molecule has 0 aromatic heterocycles. The zero-order chi connectivity index (χ0) is 9.84.